The lowest BCUT2D eigenvalue weighted by atomic mass is 10.1. The van der Waals surface area contributed by atoms with Crippen molar-refractivity contribution in [3.8, 4) is 5.75 Å². The number of nitrogens with two attached hydrogens (primary N) is 1. The molecule has 0 saturated carbocycles. The highest BCUT2D eigenvalue weighted by Gasteiger charge is 2.20. The molecule has 1 heterocycles. The number of halogens is 1. The first-order valence-electron chi connectivity index (χ1n) is 11.5. The summed E-state index contributed by atoms with van der Waals surface area (Å²) < 4.78 is 12.6. The lowest BCUT2D eigenvalue weighted by molar-refractivity contribution is 0.0686. The van der Waals surface area contributed by atoms with E-state index >= 15 is 0 Å². The van der Waals surface area contributed by atoms with Crippen LogP contribution in [0.2, 0.25) is 0 Å². The molecule has 1 amide bonds. The van der Waals surface area contributed by atoms with Crippen molar-refractivity contribution in [2.75, 3.05) is 25.4 Å². The van der Waals surface area contributed by atoms with Crippen LogP contribution in [0.1, 0.15) is 20.7 Å². The average molecular weight is 543 g/mol. The van der Waals surface area contributed by atoms with Gasteiger partial charge in [-0.05, 0) is 58.4 Å². The van der Waals surface area contributed by atoms with Crippen molar-refractivity contribution < 1.29 is 18.7 Å². The van der Waals surface area contributed by atoms with Gasteiger partial charge in [0.1, 0.15) is 23.5 Å². The lowest BCUT2D eigenvalue weighted by Crippen LogP contribution is -2.38. The first kappa shape index (κ1) is 23.6. The Kier molecular flexibility index (Phi) is 6.73. The Hall–Kier alpha value is -4.10. The molecule has 1 aromatic heterocycles. The van der Waals surface area contributed by atoms with Crippen LogP contribution in [-0.2, 0) is 0 Å². The van der Waals surface area contributed by atoms with E-state index < -0.39 is 0 Å². The van der Waals surface area contributed by atoms with Crippen molar-refractivity contribution in [2.24, 2.45) is 0 Å². The number of amides is 1. The molecule has 5 rings (SSSR count). The third-order valence-corrected chi connectivity index (χ3v) is 6.66. The molecule has 36 heavy (non-hydrogen) atoms. The first-order chi connectivity index (χ1) is 17.5. The van der Waals surface area contributed by atoms with E-state index in [4.69, 9.17) is 14.9 Å². The Balaban J connectivity index is 1.32. The van der Waals surface area contributed by atoms with Gasteiger partial charge in [0, 0.05) is 38.1 Å². The SMILES string of the molecule is Nc1cc(C(=O)CN(CCOc2ccc3c(c2)oc2ccccc23)C(=O)c2ccccc2)ccc1Br. The van der Waals surface area contributed by atoms with E-state index in [1.54, 1.807) is 42.5 Å². The Morgan fingerprint density at radius 2 is 1.58 bits per heavy atom. The van der Waals surface area contributed by atoms with Gasteiger partial charge in [0.05, 0.1) is 13.1 Å². The van der Waals surface area contributed by atoms with E-state index in [1.807, 2.05) is 48.5 Å². The maximum absolute atomic E-state index is 13.2. The van der Waals surface area contributed by atoms with Gasteiger partial charge in [-0.1, -0.05) is 42.5 Å². The van der Waals surface area contributed by atoms with E-state index in [1.165, 1.54) is 4.90 Å². The van der Waals surface area contributed by atoms with Gasteiger partial charge >= 0.3 is 0 Å². The maximum Gasteiger partial charge on any atom is 0.254 e. The molecular formula is C29H23BrN2O4. The Morgan fingerprint density at radius 3 is 2.39 bits per heavy atom. The normalized spacial score (nSPS) is 11.0. The minimum atomic E-state index is -0.245. The van der Waals surface area contributed by atoms with Crippen molar-refractivity contribution >= 4 is 55.2 Å². The number of hydrogen-bond acceptors (Lipinski definition) is 5. The number of nitrogens with zero attached hydrogens (tertiary/aromatic N) is 1. The first-order valence-corrected chi connectivity index (χ1v) is 12.3. The number of hydrogen-bond donors (Lipinski definition) is 1. The molecule has 0 atom stereocenters. The number of furan rings is 1. The fraction of sp³-hybridized carbons (Fsp3) is 0.103. The number of Topliss-reactive ketones (excluding diaryl/α,β-unsaturated/α-hetero) is 1. The molecule has 0 aliphatic heterocycles. The summed E-state index contributed by atoms with van der Waals surface area (Å²) in [7, 11) is 0. The number of anilines is 1. The molecule has 0 unspecified atom stereocenters. The zero-order valence-corrected chi connectivity index (χ0v) is 20.9. The number of rotatable bonds is 8. The van der Waals surface area contributed by atoms with E-state index in [0.29, 0.717) is 27.0 Å². The zero-order chi connectivity index (χ0) is 25.1. The van der Waals surface area contributed by atoms with Crippen molar-refractivity contribution in [1.82, 2.24) is 4.90 Å². The van der Waals surface area contributed by atoms with Crippen LogP contribution in [0.4, 0.5) is 5.69 Å². The van der Waals surface area contributed by atoms with Gasteiger partial charge in [-0.3, -0.25) is 9.59 Å². The summed E-state index contributed by atoms with van der Waals surface area (Å²) in [4.78, 5) is 27.7. The second-order valence-corrected chi connectivity index (χ2v) is 9.21. The Bertz CT molecular complexity index is 1560. The fourth-order valence-electron chi connectivity index (χ4n) is 4.07. The number of carbonyl (C=O) groups is 2. The van der Waals surface area contributed by atoms with Gasteiger partial charge in [0.25, 0.3) is 5.91 Å². The van der Waals surface area contributed by atoms with Gasteiger partial charge < -0.3 is 19.8 Å². The Morgan fingerprint density at radius 1 is 0.833 bits per heavy atom. The fourth-order valence-corrected chi connectivity index (χ4v) is 4.31. The number of fused-ring (bicyclic) bond motifs is 3. The number of nitrogen functional groups attached to an aromatic ring is 1. The molecule has 0 aliphatic carbocycles. The second kappa shape index (κ2) is 10.3. The van der Waals surface area contributed by atoms with E-state index in [-0.39, 0.29) is 31.4 Å². The molecule has 7 heteroatoms. The van der Waals surface area contributed by atoms with Crippen LogP contribution in [0.3, 0.4) is 0 Å². The molecule has 5 aromatic rings. The molecule has 0 saturated heterocycles. The highest BCUT2D eigenvalue weighted by atomic mass is 79.9. The van der Waals surface area contributed by atoms with E-state index in [2.05, 4.69) is 15.9 Å². The zero-order valence-electron chi connectivity index (χ0n) is 19.3. The number of carbonyl (C=O) groups excluding carboxylic acids is 2. The Labute approximate surface area is 216 Å². The summed E-state index contributed by atoms with van der Waals surface area (Å²) in [6.45, 7) is 0.338. The molecule has 0 aliphatic rings. The van der Waals surface area contributed by atoms with Crippen molar-refractivity contribution in [3.63, 3.8) is 0 Å². The van der Waals surface area contributed by atoms with Crippen molar-refractivity contribution in [1.29, 1.82) is 0 Å². The van der Waals surface area contributed by atoms with Crippen LogP contribution < -0.4 is 10.5 Å². The smallest absolute Gasteiger partial charge is 0.254 e. The molecule has 0 radical (unpaired) electrons. The van der Waals surface area contributed by atoms with Crippen LogP contribution in [0.5, 0.6) is 5.75 Å². The van der Waals surface area contributed by atoms with Crippen LogP contribution in [0.15, 0.2) is 99.9 Å². The van der Waals surface area contributed by atoms with Crippen LogP contribution in [-0.4, -0.2) is 36.3 Å². The summed E-state index contributed by atoms with van der Waals surface area (Å²) in [6.07, 6.45) is 0. The van der Waals surface area contributed by atoms with Gasteiger partial charge in [-0.25, -0.2) is 0 Å². The topological polar surface area (TPSA) is 85.8 Å². The molecule has 2 N–H and O–H groups in total. The second-order valence-electron chi connectivity index (χ2n) is 8.36. The molecule has 0 spiro atoms. The monoisotopic (exact) mass is 542 g/mol. The minimum absolute atomic E-state index is 0.0965. The lowest BCUT2D eigenvalue weighted by Gasteiger charge is -2.22. The van der Waals surface area contributed by atoms with Gasteiger partial charge in [0.15, 0.2) is 5.78 Å². The van der Waals surface area contributed by atoms with Crippen molar-refractivity contribution in [3.05, 3.63) is 107 Å². The van der Waals surface area contributed by atoms with Gasteiger partial charge in [-0.15, -0.1) is 0 Å². The molecule has 180 valence electrons. The molecule has 0 fully saturated rings. The van der Waals surface area contributed by atoms with Crippen LogP contribution >= 0.6 is 15.9 Å². The van der Waals surface area contributed by atoms with Crippen LogP contribution in [0.25, 0.3) is 21.9 Å². The number of ketones is 1. The minimum Gasteiger partial charge on any atom is -0.492 e. The molecule has 4 aromatic carbocycles. The average Bonchev–Trinajstić information content (AvgIpc) is 3.27. The third kappa shape index (κ3) is 4.97. The molecule has 6 nitrogen and oxygen atoms in total. The number of ether oxygens (including phenoxy) is 1. The van der Waals surface area contributed by atoms with E-state index in [0.717, 1.165) is 21.9 Å². The van der Waals surface area contributed by atoms with Crippen molar-refractivity contribution in [2.45, 2.75) is 0 Å². The molecule has 0 bridgehead atoms. The summed E-state index contributed by atoms with van der Waals surface area (Å²) in [5, 5.41) is 2.06. The standard InChI is InChI=1S/C29H23BrN2O4/c30-24-13-10-20(16-25(24)31)26(33)18-32(29(34)19-6-2-1-3-7-19)14-15-35-21-11-12-23-22-8-4-5-9-27(22)36-28(23)17-21/h1-13,16-17H,14-15,18,31H2. The number of benzene rings is 4. The molecular weight excluding hydrogens is 520 g/mol. The third-order valence-electron chi connectivity index (χ3n) is 5.94. The highest BCUT2D eigenvalue weighted by molar-refractivity contribution is 9.10. The van der Waals surface area contributed by atoms with Gasteiger partial charge in [-0.2, -0.15) is 0 Å². The summed E-state index contributed by atoms with van der Waals surface area (Å²) in [5.74, 6) is 0.174. The summed E-state index contributed by atoms with van der Waals surface area (Å²) >= 11 is 3.34. The predicted molar refractivity (Wildman–Crippen MR) is 144 cm³/mol. The predicted octanol–water partition coefficient (Wildman–Crippen LogP) is 6.33. The van der Waals surface area contributed by atoms with Crippen LogP contribution in [0, 0.1) is 0 Å². The maximum atomic E-state index is 13.2. The summed E-state index contributed by atoms with van der Waals surface area (Å²) in [5.41, 5.74) is 8.90. The van der Waals surface area contributed by atoms with Gasteiger partial charge in [0.2, 0.25) is 0 Å². The number of para-hydroxylation sites is 1. The quantitative estimate of drug-likeness (QED) is 0.183. The largest absolute Gasteiger partial charge is 0.492 e. The van der Waals surface area contributed by atoms with E-state index in [9.17, 15) is 9.59 Å². The summed E-state index contributed by atoms with van der Waals surface area (Å²) in [6, 6.07) is 27.5. The highest BCUT2D eigenvalue weighted by Crippen LogP contribution is 2.31.